The SMILES string of the molecule is CCc1ccc(Nc2nc3c(c(Nc4cccc(OC)c4)n2)C(=O)CC(C)C3)cc1. The van der Waals surface area contributed by atoms with Crippen LogP contribution in [0.4, 0.5) is 23.1 Å². The third kappa shape index (κ3) is 4.27. The molecule has 2 N–H and O–H groups in total. The van der Waals surface area contributed by atoms with Gasteiger partial charge in [0.15, 0.2) is 5.78 Å². The van der Waals surface area contributed by atoms with Gasteiger partial charge >= 0.3 is 0 Å². The normalized spacial score (nSPS) is 15.4. The summed E-state index contributed by atoms with van der Waals surface area (Å²) in [5.41, 5.74) is 4.36. The van der Waals surface area contributed by atoms with Crippen LogP contribution in [0, 0.1) is 5.92 Å². The first-order valence-corrected chi connectivity index (χ1v) is 10.3. The minimum absolute atomic E-state index is 0.0768. The van der Waals surface area contributed by atoms with Crippen LogP contribution in [-0.2, 0) is 12.8 Å². The minimum Gasteiger partial charge on any atom is -0.497 e. The first-order chi connectivity index (χ1) is 14.6. The van der Waals surface area contributed by atoms with Crippen molar-refractivity contribution in [3.05, 3.63) is 65.4 Å². The largest absolute Gasteiger partial charge is 0.497 e. The summed E-state index contributed by atoms with van der Waals surface area (Å²) in [6.07, 6.45) is 2.25. The molecule has 6 heteroatoms. The van der Waals surface area contributed by atoms with Crippen molar-refractivity contribution in [3.8, 4) is 5.75 Å². The second kappa shape index (κ2) is 8.53. The molecule has 3 aromatic rings. The van der Waals surface area contributed by atoms with Crippen LogP contribution >= 0.6 is 0 Å². The Morgan fingerprint density at radius 3 is 2.57 bits per heavy atom. The molecule has 1 aromatic heterocycles. The molecule has 0 saturated heterocycles. The molecule has 6 nitrogen and oxygen atoms in total. The number of aryl methyl sites for hydroxylation is 1. The maximum absolute atomic E-state index is 12.8. The van der Waals surface area contributed by atoms with Crippen LogP contribution in [0.1, 0.15) is 41.9 Å². The van der Waals surface area contributed by atoms with E-state index in [1.54, 1.807) is 7.11 Å². The van der Waals surface area contributed by atoms with Gasteiger partial charge in [-0.1, -0.05) is 32.0 Å². The van der Waals surface area contributed by atoms with Gasteiger partial charge in [0.05, 0.1) is 18.4 Å². The zero-order valence-electron chi connectivity index (χ0n) is 17.5. The van der Waals surface area contributed by atoms with Crippen LogP contribution in [0.3, 0.4) is 0 Å². The van der Waals surface area contributed by atoms with Gasteiger partial charge in [0.2, 0.25) is 5.95 Å². The molecular weight excluding hydrogens is 376 g/mol. The molecule has 154 valence electrons. The molecule has 2 aromatic carbocycles. The van der Waals surface area contributed by atoms with E-state index in [0.29, 0.717) is 23.8 Å². The van der Waals surface area contributed by atoms with E-state index in [-0.39, 0.29) is 11.7 Å². The summed E-state index contributed by atoms with van der Waals surface area (Å²) >= 11 is 0. The summed E-state index contributed by atoms with van der Waals surface area (Å²) in [6.45, 7) is 4.21. The minimum atomic E-state index is 0.0768. The van der Waals surface area contributed by atoms with E-state index >= 15 is 0 Å². The van der Waals surface area contributed by atoms with E-state index in [0.717, 1.165) is 35.7 Å². The topological polar surface area (TPSA) is 76.1 Å². The van der Waals surface area contributed by atoms with E-state index in [4.69, 9.17) is 4.74 Å². The molecular formula is C24H26N4O2. The Morgan fingerprint density at radius 2 is 1.83 bits per heavy atom. The van der Waals surface area contributed by atoms with Crippen molar-refractivity contribution in [2.45, 2.75) is 33.1 Å². The number of rotatable bonds is 6. The number of ketones is 1. The van der Waals surface area contributed by atoms with E-state index in [1.807, 2.05) is 36.4 Å². The van der Waals surface area contributed by atoms with Crippen LogP contribution in [0.15, 0.2) is 48.5 Å². The predicted molar refractivity (Wildman–Crippen MR) is 119 cm³/mol. The lowest BCUT2D eigenvalue weighted by molar-refractivity contribution is 0.0953. The third-order valence-electron chi connectivity index (χ3n) is 5.29. The second-order valence-corrected chi connectivity index (χ2v) is 7.69. The molecule has 1 aliphatic rings. The predicted octanol–water partition coefficient (Wildman–Crippen LogP) is 5.30. The number of methoxy groups -OCH3 is 1. The fourth-order valence-corrected chi connectivity index (χ4v) is 3.71. The monoisotopic (exact) mass is 402 g/mol. The smallest absolute Gasteiger partial charge is 0.229 e. The number of nitrogens with one attached hydrogen (secondary N) is 2. The highest BCUT2D eigenvalue weighted by molar-refractivity contribution is 6.03. The quantitative estimate of drug-likeness (QED) is 0.583. The Labute approximate surface area is 176 Å². The fraction of sp³-hybridized carbons (Fsp3) is 0.292. The summed E-state index contributed by atoms with van der Waals surface area (Å²) in [5, 5.41) is 6.59. The van der Waals surface area contributed by atoms with Crippen molar-refractivity contribution < 1.29 is 9.53 Å². The van der Waals surface area contributed by atoms with Crippen LogP contribution in [0.5, 0.6) is 5.75 Å². The number of aromatic nitrogens is 2. The van der Waals surface area contributed by atoms with Crippen molar-refractivity contribution in [1.29, 1.82) is 0 Å². The number of ether oxygens (including phenoxy) is 1. The van der Waals surface area contributed by atoms with E-state index in [2.05, 4.69) is 46.6 Å². The summed E-state index contributed by atoms with van der Waals surface area (Å²) < 4.78 is 5.31. The molecule has 30 heavy (non-hydrogen) atoms. The number of anilines is 4. The molecule has 0 amide bonds. The Balaban J connectivity index is 1.71. The molecule has 0 spiro atoms. The van der Waals surface area contributed by atoms with Gasteiger partial charge in [-0.25, -0.2) is 4.98 Å². The molecule has 0 fully saturated rings. The molecule has 0 bridgehead atoms. The first-order valence-electron chi connectivity index (χ1n) is 10.3. The second-order valence-electron chi connectivity index (χ2n) is 7.69. The standard InChI is InChI=1S/C24H26N4O2/c1-4-16-8-10-17(11-9-16)26-24-27-20-12-15(2)13-21(29)22(20)23(28-24)25-18-6-5-7-19(14-18)30-3/h5-11,14-15H,4,12-13H2,1-3H3,(H2,25,26,27,28). The van der Waals surface area contributed by atoms with Crippen molar-refractivity contribution in [2.75, 3.05) is 17.7 Å². The molecule has 0 radical (unpaired) electrons. The van der Waals surface area contributed by atoms with Gasteiger partial charge < -0.3 is 15.4 Å². The van der Waals surface area contributed by atoms with Gasteiger partial charge in [-0.2, -0.15) is 4.98 Å². The Morgan fingerprint density at radius 1 is 1.03 bits per heavy atom. The molecule has 1 unspecified atom stereocenters. The molecule has 1 aliphatic carbocycles. The van der Waals surface area contributed by atoms with Crippen LogP contribution in [0.2, 0.25) is 0 Å². The highest BCUT2D eigenvalue weighted by Crippen LogP contribution is 2.32. The van der Waals surface area contributed by atoms with Gasteiger partial charge in [0, 0.05) is 23.9 Å². The van der Waals surface area contributed by atoms with Gasteiger partial charge in [-0.05, 0) is 48.6 Å². The number of carbonyl (C=O) groups is 1. The van der Waals surface area contributed by atoms with Crippen molar-refractivity contribution in [3.63, 3.8) is 0 Å². The number of Topliss-reactive ketones (excluding diaryl/α,β-unsaturated/α-hetero) is 1. The number of hydrogen-bond acceptors (Lipinski definition) is 6. The fourth-order valence-electron chi connectivity index (χ4n) is 3.71. The maximum atomic E-state index is 12.8. The summed E-state index contributed by atoms with van der Waals surface area (Å²) in [4.78, 5) is 22.1. The summed E-state index contributed by atoms with van der Waals surface area (Å²) in [6, 6.07) is 15.8. The van der Waals surface area contributed by atoms with E-state index in [1.165, 1.54) is 5.56 Å². The number of nitrogens with zero attached hydrogens (tertiary/aromatic N) is 2. The molecule has 0 aliphatic heterocycles. The maximum Gasteiger partial charge on any atom is 0.229 e. The number of fused-ring (bicyclic) bond motifs is 1. The first kappa shape index (κ1) is 19.9. The number of carbonyl (C=O) groups excluding carboxylic acids is 1. The van der Waals surface area contributed by atoms with Gasteiger partial charge in [0.1, 0.15) is 11.6 Å². The third-order valence-corrected chi connectivity index (χ3v) is 5.29. The number of benzene rings is 2. The molecule has 1 heterocycles. The van der Waals surface area contributed by atoms with E-state index < -0.39 is 0 Å². The molecule has 4 rings (SSSR count). The number of hydrogen-bond donors (Lipinski definition) is 2. The lowest BCUT2D eigenvalue weighted by Crippen LogP contribution is -2.22. The van der Waals surface area contributed by atoms with Crippen molar-refractivity contribution >= 4 is 28.9 Å². The highest BCUT2D eigenvalue weighted by atomic mass is 16.5. The average molecular weight is 402 g/mol. The van der Waals surface area contributed by atoms with Gasteiger partial charge in [-0.3, -0.25) is 4.79 Å². The van der Waals surface area contributed by atoms with Crippen LogP contribution in [0.25, 0.3) is 0 Å². The highest BCUT2D eigenvalue weighted by Gasteiger charge is 2.28. The Bertz CT molecular complexity index is 1060. The molecule has 1 atom stereocenters. The van der Waals surface area contributed by atoms with Gasteiger partial charge in [-0.15, -0.1) is 0 Å². The summed E-state index contributed by atoms with van der Waals surface area (Å²) in [5.74, 6) is 2.08. The average Bonchev–Trinajstić information content (AvgIpc) is 2.73. The zero-order chi connectivity index (χ0) is 21.1. The van der Waals surface area contributed by atoms with E-state index in [9.17, 15) is 4.79 Å². The van der Waals surface area contributed by atoms with Gasteiger partial charge in [0.25, 0.3) is 0 Å². The Hall–Kier alpha value is -3.41. The molecule has 0 saturated carbocycles. The lowest BCUT2D eigenvalue weighted by atomic mass is 9.87. The van der Waals surface area contributed by atoms with Crippen molar-refractivity contribution in [2.24, 2.45) is 5.92 Å². The van der Waals surface area contributed by atoms with Crippen LogP contribution < -0.4 is 15.4 Å². The Kier molecular flexibility index (Phi) is 5.65. The summed E-state index contributed by atoms with van der Waals surface area (Å²) in [7, 11) is 1.63. The van der Waals surface area contributed by atoms with Crippen molar-refractivity contribution in [1.82, 2.24) is 9.97 Å². The lowest BCUT2D eigenvalue weighted by Gasteiger charge is -2.23. The zero-order valence-corrected chi connectivity index (χ0v) is 17.5. The van der Waals surface area contributed by atoms with Crippen LogP contribution in [-0.4, -0.2) is 22.9 Å².